The molecule has 3 aromatic heterocycles. The maximum absolute atomic E-state index is 5.85. The molecule has 3 heterocycles. The van der Waals surface area contributed by atoms with E-state index in [1.165, 1.54) is 0 Å². The van der Waals surface area contributed by atoms with Crippen LogP contribution >= 0.6 is 0 Å². The van der Waals surface area contributed by atoms with E-state index in [9.17, 15) is 0 Å². The highest BCUT2D eigenvalue weighted by atomic mass is 16.5. The number of nitrogens with two attached hydrogens (primary N) is 1. The average Bonchev–Trinajstić information content (AvgIpc) is 3.24. The number of nitrogens with one attached hydrogen (secondary N) is 2. The van der Waals surface area contributed by atoms with E-state index in [0.29, 0.717) is 11.5 Å². The fraction of sp³-hybridized carbons (Fsp3) is 0.167. The number of hydrogen-bond donors (Lipinski definition) is 3. The molecule has 0 fully saturated rings. The van der Waals surface area contributed by atoms with Gasteiger partial charge in [0.05, 0.1) is 11.5 Å². The maximum Gasteiger partial charge on any atom is 0.228 e. The van der Waals surface area contributed by atoms with Gasteiger partial charge in [0.1, 0.15) is 11.5 Å². The minimum absolute atomic E-state index is 0.0124. The van der Waals surface area contributed by atoms with Gasteiger partial charge in [0.2, 0.25) is 11.8 Å². The van der Waals surface area contributed by atoms with E-state index in [2.05, 4.69) is 24.9 Å². The number of aromatic amines is 2. The van der Waals surface area contributed by atoms with Gasteiger partial charge < -0.3 is 20.4 Å². The Bertz CT molecular complexity index is 1000. The number of aromatic nitrogens is 5. The van der Waals surface area contributed by atoms with Crippen LogP contribution in [-0.4, -0.2) is 31.0 Å². The van der Waals surface area contributed by atoms with E-state index >= 15 is 0 Å². The molecule has 4 N–H and O–H groups in total. The van der Waals surface area contributed by atoms with Crippen molar-refractivity contribution in [1.82, 2.24) is 24.9 Å². The molecule has 0 unspecified atom stereocenters. The van der Waals surface area contributed by atoms with Crippen LogP contribution < -0.4 is 10.5 Å². The first-order valence-corrected chi connectivity index (χ1v) is 8.03. The van der Waals surface area contributed by atoms with Crippen molar-refractivity contribution in [2.45, 2.75) is 20.0 Å². The number of fused-ring (bicyclic) bond motifs is 1. The summed E-state index contributed by atoms with van der Waals surface area (Å²) >= 11 is 0. The Balaban J connectivity index is 1.81. The number of H-pyrrole nitrogens is 2. The molecule has 4 aromatic rings. The van der Waals surface area contributed by atoms with Gasteiger partial charge >= 0.3 is 0 Å². The molecular formula is C18H18N6O. The van der Waals surface area contributed by atoms with Crippen molar-refractivity contribution in [3.63, 3.8) is 0 Å². The number of nitrogens with zero attached hydrogens (tertiary/aromatic N) is 3. The summed E-state index contributed by atoms with van der Waals surface area (Å²) in [6, 6.07) is 8.12. The molecule has 7 nitrogen and oxygen atoms in total. The molecule has 1 aromatic carbocycles. The molecule has 0 aliphatic rings. The first kappa shape index (κ1) is 15.2. The molecule has 0 saturated heterocycles. The minimum Gasteiger partial charge on any atom is -0.474 e. The molecule has 126 valence electrons. The second kappa shape index (κ2) is 5.94. The molecule has 0 saturated carbocycles. The quantitative estimate of drug-likeness (QED) is 0.530. The van der Waals surface area contributed by atoms with E-state index in [1.54, 1.807) is 12.4 Å². The Hall–Kier alpha value is -3.35. The summed E-state index contributed by atoms with van der Waals surface area (Å²) in [7, 11) is 0. The van der Waals surface area contributed by atoms with Crippen LogP contribution in [0.2, 0.25) is 0 Å². The van der Waals surface area contributed by atoms with E-state index in [4.69, 9.17) is 10.5 Å². The molecule has 25 heavy (non-hydrogen) atoms. The van der Waals surface area contributed by atoms with Crippen molar-refractivity contribution < 1.29 is 4.74 Å². The van der Waals surface area contributed by atoms with E-state index in [-0.39, 0.29) is 12.1 Å². The summed E-state index contributed by atoms with van der Waals surface area (Å²) in [6.45, 7) is 3.91. The number of nitrogen functional groups attached to an aromatic ring is 1. The SMILES string of the molecule is CC(C)Oc1nc(N)nc2[nH]cc(-c3ccc(-c4ncc[nH]4)cc3)c12. The van der Waals surface area contributed by atoms with E-state index < -0.39 is 0 Å². The molecule has 0 aliphatic heterocycles. The summed E-state index contributed by atoms with van der Waals surface area (Å²) in [5.74, 6) is 1.51. The van der Waals surface area contributed by atoms with E-state index in [1.807, 2.05) is 44.3 Å². The molecule has 0 aliphatic carbocycles. The summed E-state index contributed by atoms with van der Waals surface area (Å²) in [6.07, 6.45) is 5.43. The molecule has 0 bridgehead atoms. The lowest BCUT2D eigenvalue weighted by Gasteiger charge is -2.11. The average molecular weight is 334 g/mol. The second-order valence-corrected chi connectivity index (χ2v) is 5.99. The van der Waals surface area contributed by atoms with Crippen LogP contribution in [0.4, 0.5) is 5.95 Å². The Labute approximate surface area is 144 Å². The lowest BCUT2D eigenvalue weighted by atomic mass is 10.0. The van der Waals surface area contributed by atoms with Gasteiger partial charge in [-0.15, -0.1) is 0 Å². The van der Waals surface area contributed by atoms with Crippen molar-refractivity contribution in [2.75, 3.05) is 5.73 Å². The Morgan fingerprint density at radius 1 is 1.04 bits per heavy atom. The first-order valence-electron chi connectivity index (χ1n) is 8.03. The summed E-state index contributed by atoms with van der Waals surface area (Å²) in [5.41, 5.74) is 9.47. The monoisotopic (exact) mass is 334 g/mol. The van der Waals surface area contributed by atoms with Gasteiger partial charge in [0, 0.05) is 29.7 Å². The van der Waals surface area contributed by atoms with Crippen LogP contribution in [0, 0.1) is 0 Å². The fourth-order valence-corrected chi connectivity index (χ4v) is 2.78. The van der Waals surface area contributed by atoms with Gasteiger partial charge in [-0.2, -0.15) is 9.97 Å². The third-order valence-electron chi connectivity index (χ3n) is 3.83. The first-order chi connectivity index (χ1) is 12.1. The second-order valence-electron chi connectivity index (χ2n) is 5.99. The largest absolute Gasteiger partial charge is 0.474 e. The van der Waals surface area contributed by atoms with Gasteiger partial charge in [-0.3, -0.25) is 0 Å². The highest BCUT2D eigenvalue weighted by Gasteiger charge is 2.16. The van der Waals surface area contributed by atoms with Crippen molar-refractivity contribution in [2.24, 2.45) is 0 Å². The smallest absolute Gasteiger partial charge is 0.228 e. The van der Waals surface area contributed by atoms with Gasteiger partial charge in [-0.1, -0.05) is 24.3 Å². The third-order valence-corrected chi connectivity index (χ3v) is 3.83. The van der Waals surface area contributed by atoms with Crippen LogP contribution in [0.1, 0.15) is 13.8 Å². The molecular weight excluding hydrogens is 316 g/mol. The molecule has 0 radical (unpaired) electrons. The van der Waals surface area contributed by atoms with Crippen molar-refractivity contribution in [1.29, 1.82) is 0 Å². The van der Waals surface area contributed by atoms with Gasteiger partial charge in [-0.25, -0.2) is 4.98 Å². The normalized spacial score (nSPS) is 11.3. The highest BCUT2D eigenvalue weighted by molar-refractivity contribution is 5.97. The summed E-state index contributed by atoms with van der Waals surface area (Å²) in [5, 5.41) is 0.827. The van der Waals surface area contributed by atoms with Gasteiger partial charge in [0.25, 0.3) is 0 Å². The van der Waals surface area contributed by atoms with Crippen molar-refractivity contribution in [3.8, 4) is 28.4 Å². The zero-order chi connectivity index (χ0) is 17.4. The highest BCUT2D eigenvalue weighted by Crippen LogP contribution is 2.35. The van der Waals surface area contributed by atoms with Gasteiger partial charge in [-0.05, 0) is 19.4 Å². The molecule has 7 heteroatoms. The fourth-order valence-electron chi connectivity index (χ4n) is 2.78. The number of imidazole rings is 1. The number of ether oxygens (including phenoxy) is 1. The predicted molar refractivity (Wildman–Crippen MR) is 97.1 cm³/mol. The molecule has 4 rings (SSSR count). The minimum atomic E-state index is -0.0124. The molecule has 0 spiro atoms. The standard InChI is InChI=1S/C18H18N6O/c1-10(2)25-17-14-13(9-22-16(14)23-18(19)24-17)11-3-5-12(6-4-11)15-20-7-8-21-15/h3-10H,1-2H3,(H,20,21)(H3,19,22,23,24). The Morgan fingerprint density at radius 3 is 2.48 bits per heavy atom. The Morgan fingerprint density at radius 2 is 1.80 bits per heavy atom. The Kier molecular flexibility index (Phi) is 3.61. The maximum atomic E-state index is 5.85. The number of anilines is 1. The van der Waals surface area contributed by atoms with Crippen LogP contribution in [0.15, 0.2) is 42.9 Å². The summed E-state index contributed by atoms with van der Waals surface area (Å²) < 4.78 is 5.85. The molecule has 0 atom stereocenters. The zero-order valence-corrected chi connectivity index (χ0v) is 13.9. The lowest BCUT2D eigenvalue weighted by molar-refractivity contribution is 0.236. The van der Waals surface area contributed by atoms with E-state index in [0.717, 1.165) is 27.9 Å². The third kappa shape index (κ3) is 2.80. The number of benzene rings is 1. The number of rotatable bonds is 4. The van der Waals surface area contributed by atoms with Crippen LogP contribution in [-0.2, 0) is 0 Å². The zero-order valence-electron chi connectivity index (χ0n) is 13.9. The summed E-state index contributed by atoms with van der Waals surface area (Å²) in [4.78, 5) is 19.1. The van der Waals surface area contributed by atoms with Crippen LogP contribution in [0.5, 0.6) is 5.88 Å². The molecule has 0 amide bonds. The van der Waals surface area contributed by atoms with Crippen molar-refractivity contribution >= 4 is 17.0 Å². The topological polar surface area (TPSA) is 106 Å². The number of hydrogen-bond acceptors (Lipinski definition) is 5. The predicted octanol–water partition coefficient (Wildman–Crippen LogP) is 3.38. The lowest BCUT2D eigenvalue weighted by Crippen LogP contribution is -2.09. The van der Waals surface area contributed by atoms with Crippen molar-refractivity contribution in [3.05, 3.63) is 42.9 Å². The van der Waals surface area contributed by atoms with Crippen LogP contribution in [0.25, 0.3) is 33.5 Å². The van der Waals surface area contributed by atoms with Crippen LogP contribution in [0.3, 0.4) is 0 Å². The van der Waals surface area contributed by atoms with Gasteiger partial charge in [0.15, 0.2) is 0 Å².